The molecule has 3 aromatic carbocycles. The highest BCUT2D eigenvalue weighted by Crippen LogP contribution is 2.39. The number of nitriles is 1. The normalized spacial score (nSPS) is 10.6. The van der Waals surface area contributed by atoms with Gasteiger partial charge < -0.3 is 9.47 Å². The predicted octanol–water partition coefficient (Wildman–Crippen LogP) is 7.70. The zero-order valence-electron chi connectivity index (χ0n) is 19.4. The summed E-state index contributed by atoms with van der Waals surface area (Å²) in [5.41, 5.74) is 4.99. The van der Waals surface area contributed by atoms with E-state index in [1.54, 1.807) is 32.4 Å². The molecule has 176 valence electrons. The summed E-state index contributed by atoms with van der Waals surface area (Å²) in [4.78, 5) is 4.80. The van der Waals surface area contributed by atoms with Crippen molar-refractivity contribution in [3.05, 3.63) is 94.3 Å². The van der Waals surface area contributed by atoms with Gasteiger partial charge in [-0.25, -0.2) is 9.37 Å². The van der Waals surface area contributed by atoms with Crippen molar-refractivity contribution >= 4 is 23.4 Å². The Morgan fingerprint density at radius 2 is 1.69 bits per heavy atom. The predicted molar refractivity (Wildman–Crippen MR) is 139 cm³/mol. The summed E-state index contributed by atoms with van der Waals surface area (Å²) < 4.78 is 25.3. The molecule has 0 spiro atoms. The van der Waals surface area contributed by atoms with Gasteiger partial charge in [0.05, 0.1) is 25.5 Å². The smallest absolute Gasteiger partial charge is 0.161 e. The number of pyridine rings is 1. The zero-order valence-corrected chi connectivity index (χ0v) is 21.0. The number of ether oxygens (including phenoxy) is 2. The number of aryl methyl sites for hydroxylation is 1. The number of nitrogens with zero attached hydrogens (tertiary/aromatic N) is 2. The standard InChI is InChI=1S/C28H22ClFN2O2S/c1-17-7-9-18(10-8-17)25-14-20(19-11-12-26(33-2)27(13-19)34-3)21(15-31)28(32-25)35-16-22-23(29)5-4-6-24(22)30/h4-14H,16H2,1-3H3. The highest BCUT2D eigenvalue weighted by atomic mass is 35.5. The van der Waals surface area contributed by atoms with Gasteiger partial charge in [-0.05, 0) is 42.8 Å². The molecule has 35 heavy (non-hydrogen) atoms. The third kappa shape index (κ3) is 5.27. The Kier molecular flexibility index (Phi) is 7.60. The molecule has 0 fully saturated rings. The molecule has 4 nitrogen and oxygen atoms in total. The second kappa shape index (κ2) is 10.8. The van der Waals surface area contributed by atoms with Crippen molar-refractivity contribution in [2.45, 2.75) is 17.7 Å². The van der Waals surface area contributed by atoms with Crippen LogP contribution < -0.4 is 9.47 Å². The van der Waals surface area contributed by atoms with Crippen LogP contribution in [-0.4, -0.2) is 19.2 Å². The molecular formula is C28H22ClFN2O2S. The summed E-state index contributed by atoms with van der Waals surface area (Å²) in [6.07, 6.45) is 0. The zero-order chi connectivity index (χ0) is 24.9. The summed E-state index contributed by atoms with van der Waals surface area (Å²) in [6.45, 7) is 2.02. The molecule has 0 atom stereocenters. The van der Waals surface area contributed by atoms with Crippen LogP contribution in [-0.2, 0) is 5.75 Å². The van der Waals surface area contributed by atoms with Gasteiger partial charge in [0.1, 0.15) is 16.9 Å². The van der Waals surface area contributed by atoms with Gasteiger partial charge in [0.2, 0.25) is 0 Å². The van der Waals surface area contributed by atoms with Crippen molar-refractivity contribution < 1.29 is 13.9 Å². The number of thioether (sulfide) groups is 1. The van der Waals surface area contributed by atoms with Gasteiger partial charge in [-0.15, -0.1) is 11.8 Å². The van der Waals surface area contributed by atoms with Gasteiger partial charge in [0, 0.05) is 27.5 Å². The molecule has 0 radical (unpaired) electrons. The van der Waals surface area contributed by atoms with E-state index in [4.69, 9.17) is 26.1 Å². The minimum Gasteiger partial charge on any atom is -0.493 e. The molecule has 0 N–H and O–H groups in total. The fourth-order valence-electron chi connectivity index (χ4n) is 3.65. The maximum absolute atomic E-state index is 14.4. The Morgan fingerprint density at radius 1 is 0.971 bits per heavy atom. The van der Waals surface area contributed by atoms with Crippen LogP contribution >= 0.6 is 23.4 Å². The number of hydrogen-bond donors (Lipinski definition) is 0. The lowest BCUT2D eigenvalue weighted by Gasteiger charge is -2.15. The number of halogens is 2. The molecule has 4 aromatic rings. The summed E-state index contributed by atoms with van der Waals surface area (Å²) in [5, 5.41) is 11.0. The number of rotatable bonds is 7. The van der Waals surface area contributed by atoms with Gasteiger partial charge in [-0.2, -0.15) is 5.26 Å². The Balaban J connectivity index is 1.87. The largest absolute Gasteiger partial charge is 0.493 e. The van der Waals surface area contributed by atoms with Crippen LogP contribution in [0.3, 0.4) is 0 Å². The van der Waals surface area contributed by atoms with Crippen LogP contribution in [0.25, 0.3) is 22.4 Å². The molecule has 0 aliphatic rings. The van der Waals surface area contributed by atoms with Crippen LogP contribution in [0.1, 0.15) is 16.7 Å². The van der Waals surface area contributed by atoms with E-state index in [-0.39, 0.29) is 5.75 Å². The topological polar surface area (TPSA) is 55.1 Å². The van der Waals surface area contributed by atoms with Crippen molar-refractivity contribution in [3.8, 4) is 40.0 Å². The van der Waals surface area contributed by atoms with Crippen LogP contribution in [0.15, 0.2) is 71.8 Å². The maximum Gasteiger partial charge on any atom is 0.161 e. The molecule has 0 aliphatic heterocycles. The van der Waals surface area contributed by atoms with Crippen LogP contribution in [0.4, 0.5) is 4.39 Å². The first-order valence-corrected chi connectivity index (χ1v) is 12.1. The van der Waals surface area contributed by atoms with Crippen molar-refractivity contribution in [1.82, 2.24) is 4.98 Å². The van der Waals surface area contributed by atoms with E-state index in [9.17, 15) is 9.65 Å². The average molecular weight is 505 g/mol. The molecular weight excluding hydrogens is 483 g/mol. The molecule has 0 aliphatic carbocycles. The molecule has 4 rings (SSSR count). The van der Waals surface area contributed by atoms with E-state index < -0.39 is 5.82 Å². The van der Waals surface area contributed by atoms with Crippen LogP contribution in [0.5, 0.6) is 11.5 Å². The van der Waals surface area contributed by atoms with E-state index in [0.29, 0.717) is 43.9 Å². The first kappa shape index (κ1) is 24.6. The van der Waals surface area contributed by atoms with Crippen molar-refractivity contribution in [1.29, 1.82) is 5.26 Å². The van der Waals surface area contributed by atoms with Crippen molar-refractivity contribution in [2.24, 2.45) is 0 Å². The molecule has 1 heterocycles. The van der Waals surface area contributed by atoms with Gasteiger partial charge >= 0.3 is 0 Å². The van der Waals surface area contributed by atoms with E-state index in [0.717, 1.165) is 16.7 Å². The summed E-state index contributed by atoms with van der Waals surface area (Å²) >= 11 is 7.51. The average Bonchev–Trinajstić information content (AvgIpc) is 2.87. The Hall–Kier alpha value is -3.53. The first-order chi connectivity index (χ1) is 16.9. The molecule has 0 bridgehead atoms. The molecule has 0 saturated heterocycles. The van der Waals surface area contributed by atoms with Crippen molar-refractivity contribution in [3.63, 3.8) is 0 Å². The molecule has 0 amide bonds. The van der Waals surface area contributed by atoms with Crippen molar-refractivity contribution in [2.75, 3.05) is 14.2 Å². The second-order valence-electron chi connectivity index (χ2n) is 7.77. The highest BCUT2D eigenvalue weighted by molar-refractivity contribution is 7.98. The monoisotopic (exact) mass is 504 g/mol. The minimum atomic E-state index is -0.390. The lowest BCUT2D eigenvalue weighted by Crippen LogP contribution is -1.98. The Labute approximate surface area is 213 Å². The van der Waals surface area contributed by atoms with E-state index in [1.807, 2.05) is 49.4 Å². The number of benzene rings is 3. The lowest BCUT2D eigenvalue weighted by molar-refractivity contribution is 0.355. The Morgan fingerprint density at radius 3 is 2.34 bits per heavy atom. The summed E-state index contributed by atoms with van der Waals surface area (Å²) in [6, 6.07) is 22.3. The molecule has 1 aromatic heterocycles. The van der Waals surface area contributed by atoms with Crippen LogP contribution in [0, 0.1) is 24.1 Å². The quantitative estimate of drug-likeness (QED) is 0.241. The highest BCUT2D eigenvalue weighted by Gasteiger charge is 2.19. The fourth-order valence-corrected chi connectivity index (χ4v) is 4.99. The van der Waals surface area contributed by atoms with E-state index in [1.165, 1.54) is 17.8 Å². The summed E-state index contributed by atoms with van der Waals surface area (Å²) in [5.74, 6) is 0.982. The fraction of sp³-hybridized carbons (Fsp3) is 0.143. The summed E-state index contributed by atoms with van der Waals surface area (Å²) in [7, 11) is 3.14. The van der Waals surface area contributed by atoms with Crippen LogP contribution in [0.2, 0.25) is 5.02 Å². The van der Waals surface area contributed by atoms with Gasteiger partial charge in [-0.1, -0.05) is 53.6 Å². The molecule has 7 heteroatoms. The maximum atomic E-state index is 14.4. The lowest BCUT2D eigenvalue weighted by atomic mass is 9.98. The number of aromatic nitrogens is 1. The Bertz CT molecular complexity index is 1400. The third-order valence-corrected chi connectivity index (χ3v) is 6.91. The first-order valence-electron chi connectivity index (χ1n) is 10.8. The second-order valence-corrected chi connectivity index (χ2v) is 9.14. The molecule has 0 unspecified atom stereocenters. The number of hydrogen-bond acceptors (Lipinski definition) is 5. The minimum absolute atomic E-state index is 0.232. The van der Waals surface area contributed by atoms with Gasteiger partial charge in [0.15, 0.2) is 11.5 Å². The third-order valence-electron chi connectivity index (χ3n) is 5.55. The number of methoxy groups -OCH3 is 2. The van der Waals surface area contributed by atoms with Gasteiger partial charge in [0.25, 0.3) is 0 Å². The van der Waals surface area contributed by atoms with E-state index >= 15 is 0 Å². The van der Waals surface area contributed by atoms with E-state index in [2.05, 4.69) is 6.07 Å². The molecule has 0 saturated carbocycles. The van der Waals surface area contributed by atoms with Gasteiger partial charge in [-0.3, -0.25) is 0 Å². The SMILES string of the molecule is COc1ccc(-c2cc(-c3ccc(C)cc3)nc(SCc3c(F)cccc3Cl)c2C#N)cc1OC.